The zero-order chi connectivity index (χ0) is 18.8. The third kappa shape index (κ3) is 3.76. The van der Waals surface area contributed by atoms with E-state index in [4.69, 9.17) is 20.8 Å². The largest absolute Gasteiger partial charge is 0.485 e. The normalized spacial score (nSPS) is 13.8. The molecule has 4 nitrogen and oxygen atoms in total. The first-order chi connectivity index (χ1) is 13.1. The van der Waals surface area contributed by atoms with Crippen LogP contribution in [-0.2, 0) is 12.8 Å². The van der Waals surface area contributed by atoms with Crippen LogP contribution in [0.5, 0.6) is 5.75 Å². The highest BCUT2D eigenvalue weighted by Crippen LogP contribution is 2.28. The van der Waals surface area contributed by atoms with Crippen molar-refractivity contribution in [3.63, 3.8) is 0 Å². The number of aryl methyl sites for hydroxylation is 1. The first-order valence-electron chi connectivity index (χ1n) is 9.12. The second kappa shape index (κ2) is 7.57. The van der Waals surface area contributed by atoms with Crippen molar-refractivity contribution in [2.24, 2.45) is 0 Å². The number of halogens is 1. The van der Waals surface area contributed by atoms with Gasteiger partial charge < -0.3 is 9.15 Å². The monoisotopic (exact) mass is 382 g/mol. The van der Waals surface area contributed by atoms with Crippen molar-refractivity contribution in [1.29, 1.82) is 0 Å². The lowest BCUT2D eigenvalue weighted by atomic mass is 10.0. The molecule has 2 aromatic carbocycles. The lowest BCUT2D eigenvalue weighted by Gasteiger charge is -2.10. The van der Waals surface area contributed by atoms with E-state index in [1.807, 2.05) is 12.1 Å². The average Bonchev–Trinajstić information content (AvgIpc) is 2.93. The number of carbonyl (C=O) groups excluding carboxylic acids is 1. The number of hydrogen-bond donors (Lipinski definition) is 0. The highest BCUT2D eigenvalue weighted by molar-refractivity contribution is 6.30. The molecule has 4 rings (SSSR count). The maximum absolute atomic E-state index is 12.3. The topological polar surface area (TPSA) is 56.5 Å². The third-order valence-corrected chi connectivity index (χ3v) is 5.23. The van der Waals surface area contributed by atoms with Crippen LogP contribution >= 0.6 is 11.6 Å². The number of fused-ring (bicyclic) bond motifs is 3. The maximum Gasteiger partial charge on any atom is 0.339 e. The first-order valence-corrected chi connectivity index (χ1v) is 9.50. The summed E-state index contributed by atoms with van der Waals surface area (Å²) in [5.41, 5.74) is 2.71. The minimum atomic E-state index is -0.256. The number of hydrogen-bond acceptors (Lipinski definition) is 4. The summed E-state index contributed by atoms with van der Waals surface area (Å²) in [6.45, 7) is -0.0949. The fraction of sp³-hybridized carbons (Fsp3) is 0.273. The zero-order valence-corrected chi connectivity index (χ0v) is 15.6. The molecule has 1 aromatic heterocycles. The Balaban J connectivity index is 1.57. The second-order valence-corrected chi connectivity index (χ2v) is 7.22. The van der Waals surface area contributed by atoms with Crippen molar-refractivity contribution >= 4 is 28.4 Å². The van der Waals surface area contributed by atoms with E-state index >= 15 is 0 Å². The summed E-state index contributed by atoms with van der Waals surface area (Å²) in [7, 11) is 0. The van der Waals surface area contributed by atoms with E-state index in [1.165, 1.54) is 0 Å². The van der Waals surface area contributed by atoms with Gasteiger partial charge in [-0.3, -0.25) is 4.79 Å². The summed E-state index contributed by atoms with van der Waals surface area (Å²) in [4.78, 5) is 24.6. The Labute approximate surface area is 161 Å². The van der Waals surface area contributed by atoms with Gasteiger partial charge >= 0.3 is 5.63 Å². The highest BCUT2D eigenvalue weighted by atomic mass is 35.5. The molecule has 0 saturated carbocycles. The van der Waals surface area contributed by atoms with E-state index < -0.39 is 0 Å². The molecule has 1 aliphatic carbocycles. The number of carbonyl (C=O) groups is 1. The molecule has 1 heterocycles. The molecule has 0 spiro atoms. The number of rotatable bonds is 4. The third-order valence-electron chi connectivity index (χ3n) is 4.98. The molecule has 0 unspecified atom stereocenters. The molecule has 5 heteroatoms. The van der Waals surface area contributed by atoms with Crippen molar-refractivity contribution in [3.8, 4) is 5.75 Å². The molecule has 1 aliphatic rings. The minimum absolute atomic E-state index is 0.0949. The summed E-state index contributed by atoms with van der Waals surface area (Å²) < 4.78 is 11.2. The van der Waals surface area contributed by atoms with Crippen LogP contribution in [0.1, 0.15) is 40.7 Å². The van der Waals surface area contributed by atoms with Gasteiger partial charge in [0.2, 0.25) is 0 Å². The van der Waals surface area contributed by atoms with Gasteiger partial charge in [0.05, 0.1) is 0 Å². The van der Waals surface area contributed by atoms with Crippen molar-refractivity contribution in [3.05, 3.63) is 74.6 Å². The van der Waals surface area contributed by atoms with Gasteiger partial charge in [-0.15, -0.1) is 0 Å². The van der Waals surface area contributed by atoms with Gasteiger partial charge in [-0.1, -0.05) is 18.0 Å². The number of ketones is 1. The number of benzene rings is 2. The zero-order valence-electron chi connectivity index (χ0n) is 14.8. The van der Waals surface area contributed by atoms with E-state index in [-0.39, 0.29) is 18.0 Å². The molecule has 0 atom stereocenters. The predicted molar refractivity (Wildman–Crippen MR) is 105 cm³/mol. The molecule has 0 amide bonds. The summed E-state index contributed by atoms with van der Waals surface area (Å²) in [5, 5.41) is 1.54. The molecule has 138 valence electrons. The van der Waals surface area contributed by atoms with Crippen molar-refractivity contribution < 1.29 is 13.9 Å². The van der Waals surface area contributed by atoms with Gasteiger partial charge in [0.25, 0.3) is 0 Å². The molecular weight excluding hydrogens is 364 g/mol. The molecule has 27 heavy (non-hydrogen) atoms. The predicted octanol–water partition coefficient (Wildman–Crippen LogP) is 4.98. The molecule has 0 bridgehead atoms. The smallest absolute Gasteiger partial charge is 0.339 e. The van der Waals surface area contributed by atoms with Crippen LogP contribution < -0.4 is 10.4 Å². The minimum Gasteiger partial charge on any atom is -0.485 e. The van der Waals surface area contributed by atoms with Crippen LogP contribution in [-0.4, -0.2) is 12.4 Å². The summed E-state index contributed by atoms with van der Waals surface area (Å²) in [5.74, 6) is 0.358. The van der Waals surface area contributed by atoms with Gasteiger partial charge in [0.1, 0.15) is 11.3 Å². The summed E-state index contributed by atoms with van der Waals surface area (Å²) >= 11 is 5.84. The second-order valence-electron chi connectivity index (χ2n) is 6.78. The Kier molecular flexibility index (Phi) is 4.99. The van der Waals surface area contributed by atoms with Gasteiger partial charge in [-0.25, -0.2) is 4.79 Å². The molecule has 0 N–H and O–H groups in total. The van der Waals surface area contributed by atoms with Crippen LogP contribution in [0.4, 0.5) is 0 Å². The standard InChI is InChI=1S/C22H19ClO4/c23-15-8-6-14(7-9-15)20(24)13-26-16-10-11-18-17-4-2-1-3-5-19(17)22(25)27-21(18)12-16/h6-12H,1-5,13H2. The Morgan fingerprint density at radius 3 is 2.52 bits per heavy atom. The molecule has 0 radical (unpaired) electrons. The van der Waals surface area contributed by atoms with Crippen LogP contribution in [0, 0.1) is 0 Å². The Hall–Kier alpha value is -2.59. The molecule has 0 saturated heterocycles. The SMILES string of the molecule is O=C(COc1ccc2c3c(c(=O)oc2c1)CCCCC3)c1ccc(Cl)cc1. The van der Waals surface area contributed by atoms with E-state index in [1.54, 1.807) is 30.3 Å². The van der Waals surface area contributed by atoms with E-state index in [2.05, 4.69) is 0 Å². The summed E-state index contributed by atoms with van der Waals surface area (Å²) in [6.07, 6.45) is 4.91. The van der Waals surface area contributed by atoms with Crippen LogP contribution in [0.3, 0.4) is 0 Å². The van der Waals surface area contributed by atoms with Crippen LogP contribution in [0.2, 0.25) is 5.02 Å². The van der Waals surface area contributed by atoms with Crippen LogP contribution in [0.25, 0.3) is 11.0 Å². The lowest BCUT2D eigenvalue weighted by molar-refractivity contribution is 0.0921. The number of Topliss-reactive ketones (excluding diaryl/α,β-unsaturated/α-hetero) is 1. The fourth-order valence-corrected chi connectivity index (χ4v) is 3.69. The van der Waals surface area contributed by atoms with Crippen molar-refractivity contribution in [2.75, 3.05) is 6.61 Å². The summed E-state index contributed by atoms with van der Waals surface area (Å²) in [6, 6.07) is 12.1. The lowest BCUT2D eigenvalue weighted by Crippen LogP contribution is -2.12. The fourth-order valence-electron chi connectivity index (χ4n) is 3.56. The molecular formula is C22H19ClO4. The number of ether oxygens (including phenoxy) is 1. The Morgan fingerprint density at radius 2 is 1.74 bits per heavy atom. The quantitative estimate of drug-likeness (QED) is 0.363. The average molecular weight is 383 g/mol. The van der Waals surface area contributed by atoms with Crippen molar-refractivity contribution in [1.82, 2.24) is 0 Å². The molecule has 0 aliphatic heterocycles. The highest BCUT2D eigenvalue weighted by Gasteiger charge is 2.17. The van der Waals surface area contributed by atoms with E-state index in [0.717, 1.165) is 48.6 Å². The van der Waals surface area contributed by atoms with Crippen LogP contribution in [0.15, 0.2) is 51.7 Å². The van der Waals surface area contributed by atoms with E-state index in [0.29, 0.717) is 21.9 Å². The first kappa shape index (κ1) is 17.8. The molecule has 0 fully saturated rings. The van der Waals surface area contributed by atoms with Crippen molar-refractivity contribution in [2.45, 2.75) is 32.1 Å². The van der Waals surface area contributed by atoms with Gasteiger partial charge in [-0.05, 0) is 67.6 Å². The van der Waals surface area contributed by atoms with Gasteiger partial charge in [0, 0.05) is 27.6 Å². The van der Waals surface area contributed by atoms with Gasteiger partial charge in [0.15, 0.2) is 12.4 Å². The Morgan fingerprint density at radius 1 is 1.00 bits per heavy atom. The Bertz CT molecular complexity index is 1050. The van der Waals surface area contributed by atoms with Gasteiger partial charge in [-0.2, -0.15) is 0 Å². The maximum atomic E-state index is 12.3. The molecule has 3 aromatic rings. The van der Waals surface area contributed by atoms with E-state index in [9.17, 15) is 9.59 Å².